The molecule has 1 fully saturated rings. The van der Waals surface area contributed by atoms with Crippen LogP contribution in [0.4, 0.5) is 17.1 Å². The van der Waals surface area contributed by atoms with Gasteiger partial charge < -0.3 is 15.5 Å². The Kier molecular flexibility index (Phi) is 3.91. The van der Waals surface area contributed by atoms with Crippen molar-refractivity contribution >= 4 is 28.9 Å². The van der Waals surface area contributed by atoms with E-state index in [0.29, 0.717) is 13.0 Å². The number of piperidine rings is 1. The van der Waals surface area contributed by atoms with Crippen LogP contribution in [0.5, 0.6) is 0 Å². The molecule has 1 atom stereocenters. The Morgan fingerprint density at radius 2 is 2.16 bits per heavy atom. The number of hydrogen-bond donors (Lipinski definition) is 2. The lowest BCUT2D eigenvalue weighted by molar-refractivity contribution is -0.120. The first-order valence-electron chi connectivity index (χ1n) is 8.59. The van der Waals surface area contributed by atoms with Crippen molar-refractivity contribution in [2.24, 2.45) is 7.05 Å². The highest BCUT2D eigenvalue weighted by Gasteiger charge is 2.30. The lowest BCUT2D eigenvalue weighted by Gasteiger charge is -2.32. The molecule has 0 radical (unpaired) electrons. The van der Waals surface area contributed by atoms with Gasteiger partial charge in [-0.15, -0.1) is 0 Å². The molecule has 2 amide bonds. The summed E-state index contributed by atoms with van der Waals surface area (Å²) in [5, 5.41) is 10.4. The van der Waals surface area contributed by atoms with Gasteiger partial charge in [0.1, 0.15) is 6.04 Å². The summed E-state index contributed by atoms with van der Waals surface area (Å²) >= 11 is 0. The van der Waals surface area contributed by atoms with Gasteiger partial charge in [0, 0.05) is 37.6 Å². The predicted octanol–water partition coefficient (Wildman–Crippen LogP) is 1.91. The number of carbonyl (C=O) groups is 2. The van der Waals surface area contributed by atoms with Gasteiger partial charge in [-0.05, 0) is 37.0 Å². The van der Waals surface area contributed by atoms with Crippen LogP contribution in [0.15, 0.2) is 30.6 Å². The molecule has 2 aliphatic rings. The molecule has 3 heterocycles. The fraction of sp³-hybridized carbons (Fsp3) is 0.389. The third kappa shape index (κ3) is 3.09. The van der Waals surface area contributed by atoms with Gasteiger partial charge in [0.2, 0.25) is 11.8 Å². The van der Waals surface area contributed by atoms with Gasteiger partial charge in [-0.3, -0.25) is 14.3 Å². The van der Waals surface area contributed by atoms with Crippen molar-refractivity contribution in [1.82, 2.24) is 9.78 Å². The van der Waals surface area contributed by atoms with Crippen LogP contribution in [0.3, 0.4) is 0 Å². The minimum Gasteiger partial charge on any atom is -0.374 e. The highest BCUT2D eigenvalue weighted by atomic mass is 16.2. The third-order valence-electron chi connectivity index (χ3n) is 4.79. The summed E-state index contributed by atoms with van der Waals surface area (Å²) in [4.78, 5) is 26.2. The van der Waals surface area contributed by atoms with Crippen LogP contribution in [-0.4, -0.2) is 34.2 Å². The topological polar surface area (TPSA) is 79.3 Å². The van der Waals surface area contributed by atoms with Gasteiger partial charge >= 0.3 is 0 Å². The molecule has 1 saturated heterocycles. The largest absolute Gasteiger partial charge is 0.374 e. The average Bonchev–Trinajstić information content (AvgIpc) is 3.02. The first-order valence-corrected chi connectivity index (χ1v) is 8.59. The summed E-state index contributed by atoms with van der Waals surface area (Å²) in [6.45, 7) is 0.711. The van der Waals surface area contributed by atoms with Gasteiger partial charge in [-0.1, -0.05) is 6.07 Å². The molecule has 0 aliphatic carbocycles. The molecule has 2 aromatic rings. The van der Waals surface area contributed by atoms with E-state index in [1.165, 1.54) is 0 Å². The maximum absolute atomic E-state index is 12.8. The molecule has 0 unspecified atom stereocenters. The van der Waals surface area contributed by atoms with Gasteiger partial charge in [0.15, 0.2) is 0 Å². The molecule has 2 N–H and O–H groups in total. The fourth-order valence-electron chi connectivity index (χ4n) is 3.48. The number of hydrogen-bond acceptors (Lipinski definition) is 4. The minimum atomic E-state index is -0.272. The number of rotatable bonds is 3. The first kappa shape index (κ1) is 15.7. The zero-order valence-electron chi connectivity index (χ0n) is 14.2. The van der Waals surface area contributed by atoms with Crippen LogP contribution in [0, 0.1) is 0 Å². The highest BCUT2D eigenvalue weighted by molar-refractivity contribution is 5.99. The zero-order chi connectivity index (χ0) is 17.4. The van der Waals surface area contributed by atoms with E-state index in [9.17, 15) is 9.59 Å². The van der Waals surface area contributed by atoms with E-state index in [-0.39, 0.29) is 17.9 Å². The van der Waals surface area contributed by atoms with Crippen LogP contribution in [0.25, 0.3) is 0 Å². The Hall–Kier alpha value is -2.83. The minimum absolute atomic E-state index is 0.0427. The second-order valence-electron chi connectivity index (χ2n) is 6.62. The number of benzene rings is 1. The van der Waals surface area contributed by atoms with Crippen molar-refractivity contribution < 1.29 is 9.59 Å². The summed E-state index contributed by atoms with van der Waals surface area (Å²) < 4.78 is 1.70. The van der Waals surface area contributed by atoms with Crippen molar-refractivity contribution in [2.45, 2.75) is 31.7 Å². The Morgan fingerprint density at radius 3 is 2.96 bits per heavy atom. The van der Waals surface area contributed by atoms with E-state index in [1.807, 2.05) is 31.4 Å². The molecule has 0 saturated carbocycles. The van der Waals surface area contributed by atoms with E-state index in [4.69, 9.17) is 0 Å². The Morgan fingerprint density at radius 1 is 1.28 bits per heavy atom. The quantitative estimate of drug-likeness (QED) is 0.895. The van der Waals surface area contributed by atoms with E-state index in [1.54, 1.807) is 15.8 Å². The summed E-state index contributed by atoms with van der Waals surface area (Å²) in [5.74, 6) is 0.0992. The molecule has 2 aliphatic heterocycles. The molecule has 1 aromatic carbocycles. The molecule has 130 valence electrons. The average molecular weight is 339 g/mol. The number of nitrogens with one attached hydrogen (secondary N) is 2. The van der Waals surface area contributed by atoms with Gasteiger partial charge in [-0.2, -0.15) is 5.10 Å². The van der Waals surface area contributed by atoms with Gasteiger partial charge in [-0.25, -0.2) is 0 Å². The van der Waals surface area contributed by atoms with E-state index in [0.717, 1.165) is 41.9 Å². The van der Waals surface area contributed by atoms with Crippen molar-refractivity contribution in [2.75, 3.05) is 22.1 Å². The van der Waals surface area contributed by atoms with Crippen molar-refractivity contribution in [1.29, 1.82) is 0 Å². The fourth-order valence-corrected chi connectivity index (χ4v) is 3.48. The number of aromatic nitrogens is 2. The van der Waals surface area contributed by atoms with Crippen LogP contribution in [-0.2, 0) is 23.1 Å². The second kappa shape index (κ2) is 6.23. The molecule has 1 aromatic heterocycles. The second-order valence-corrected chi connectivity index (χ2v) is 6.62. The zero-order valence-corrected chi connectivity index (χ0v) is 14.2. The predicted molar refractivity (Wildman–Crippen MR) is 95.6 cm³/mol. The first-order chi connectivity index (χ1) is 12.1. The number of nitrogens with zero attached hydrogens (tertiary/aromatic N) is 3. The van der Waals surface area contributed by atoms with E-state index in [2.05, 4.69) is 15.7 Å². The number of anilines is 3. The van der Waals surface area contributed by atoms with Crippen molar-refractivity contribution in [3.63, 3.8) is 0 Å². The van der Waals surface area contributed by atoms with E-state index < -0.39 is 0 Å². The molecular formula is C18H21N5O2. The van der Waals surface area contributed by atoms with Crippen LogP contribution in [0.2, 0.25) is 0 Å². The molecule has 4 rings (SSSR count). The normalized spacial score (nSPS) is 20.2. The Bertz CT molecular complexity index is 829. The summed E-state index contributed by atoms with van der Waals surface area (Å²) in [6.07, 6.45) is 6.59. The maximum Gasteiger partial charge on any atom is 0.249 e. The summed E-state index contributed by atoms with van der Waals surface area (Å²) in [6, 6.07) is 5.64. The number of fused-ring (bicyclic) bond motifs is 1. The van der Waals surface area contributed by atoms with E-state index >= 15 is 0 Å². The molecular weight excluding hydrogens is 318 g/mol. The number of amides is 2. The van der Waals surface area contributed by atoms with Crippen LogP contribution < -0.4 is 15.5 Å². The van der Waals surface area contributed by atoms with Crippen LogP contribution >= 0.6 is 0 Å². The smallest absolute Gasteiger partial charge is 0.249 e. The molecule has 0 bridgehead atoms. The Balaban J connectivity index is 1.51. The molecule has 25 heavy (non-hydrogen) atoms. The van der Waals surface area contributed by atoms with Gasteiger partial charge in [0.25, 0.3) is 0 Å². The Labute approximate surface area is 146 Å². The lowest BCUT2D eigenvalue weighted by Crippen LogP contribution is -2.47. The highest BCUT2D eigenvalue weighted by Crippen LogP contribution is 2.28. The SMILES string of the molecule is Cn1cc(N2CCC[C@@H](Nc3ccc4c(c3)NC(=O)CC4)C2=O)cn1. The number of carbonyl (C=O) groups excluding carboxylic acids is 2. The lowest BCUT2D eigenvalue weighted by atomic mass is 10.0. The van der Waals surface area contributed by atoms with Crippen molar-refractivity contribution in [3.8, 4) is 0 Å². The standard InChI is InChI=1S/C18H21N5O2/c1-22-11-14(10-19-22)23-8-2-3-15(18(23)25)20-13-6-4-12-5-7-17(24)21-16(12)9-13/h4,6,9-11,15,20H,2-3,5,7-8H2,1H3,(H,21,24)/t15-/m1/s1. The van der Waals surface area contributed by atoms with Crippen LogP contribution in [0.1, 0.15) is 24.8 Å². The summed E-state index contributed by atoms with van der Waals surface area (Å²) in [7, 11) is 1.84. The van der Waals surface area contributed by atoms with Gasteiger partial charge in [0.05, 0.1) is 11.9 Å². The molecule has 7 heteroatoms. The summed E-state index contributed by atoms with van der Waals surface area (Å²) in [5.41, 5.74) is 3.66. The maximum atomic E-state index is 12.8. The van der Waals surface area contributed by atoms with Crippen molar-refractivity contribution in [3.05, 3.63) is 36.2 Å². The monoisotopic (exact) mass is 339 g/mol. The third-order valence-corrected chi connectivity index (χ3v) is 4.79. The number of aryl methyl sites for hydroxylation is 2. The molecule has 7 nitrogen and oxygen atoms in total. The molecule has 0 spiro atoms.